The second-order valence-corrected chi connectivity index (χ2v) is 14.5. The van der Waals surface area contributed by atoms with Gasteiger partial charge in [0, 0.05) is 61.2 Å². The van der Waals surface area contributed by atoms with E-state index in [-0.39, 0.29) is 74.1 Å². The Morgan fingerprint density at radius 3 is 2.60 bits per heavy atom. The summed E-state index contributed by atoms with van der Waals surface area (Å²) in [5.41, 5.74) is 8.02. The Labute approximate surface area is 273 Å². The van der Waals surface area contributed by atoms with Crippen molar-refractivity contribution in [3.63, 3.8) is 0 Å². The number of fused-ring (bicyclic) bond motifs is 6. The first-order chi connectivity index (χ1) is 22.9. The zero-order valence-electron chi connectivity index (χ0n) is 25.8. The highest BCUT2D eigenvalue weighted by atomic mass is 32.1. The summed E-state index contributed by atoms with van der Waals surface area (Å²) in [5.74, 6) is -0.570. The average Bonchev–Trinajstić information content (AvgIpc) is 3.38. The van der Waals surface area contributed by atoms with Crippen LogP contribution in [0.25, 0.3) is 32.2 Å². The van der Waals surface area contributed by atoms with Gasteiger partial charge in [0.05, 0.1) is 60.6 Å². The van der Waals surface area contributed by atoms with Gasteiger partial charge in [-0.2, -0.15) is 15.2 Å². The van der Waals surface area contributed by atoms with Crippen molar-refractivity contribution in [3.8, 4) is 23.3 Å². The zero-order valence-corrected chi connectivity index (χ0v) is 26.6. The number of anilines is 2. The van der Waals surface area contributed by atoms with Crippen molar-refractivity contribution in [2.75, 3.05) is 63.2 Å². The Bertz CT molecular complexity index is 1960. The molecule has 244 valence electrons. The van der Waals surface area contributed by atoms with Crippen LogP contribution in [0, 0.1) is 28.4 Å². The van der Waals surface area contributed by atoms with Crippen molar-refractivity contribution >= 4 is 43.1 Å². The topological polar surface area (TPSA) is 135 Å². The molecule has 1 saturated carbocycles. The Kier molecular flexibility index (Phi) is 6.99. The van der Waals surface area contributed by atoms with Crippen LogP contribution >= 0.6 is 11.3 Å². The summed E-state index contributed by atoms with van der Waals surface area (Å²) in [5, 5.41) is 14.5. The van der Waals surface area contributed by atoms with Gasteiger partial charge >= 0.3 is 6.01 Å². The highest BCUT2D eigenvalue weighted by molar-refractivity contribution is 7.23. The van der Waals surface area contributed by atoms with Crippen molar-refractivity contribution in [1.82, 2.24) is 25.2 Å². The Morgan fingerprint density at radius 2 is 1.85 bits per heavy atom. The summed E-state index contributed by atoms with van der Waals surface area (Å²) in [7, 11) is 0. The minimum Gasteiger partial charge on any atom is -0.463 e. The molecule has 2 atom stereocenters. The molecule has 14 heteroatoms. The van der Waals surface area contributed by atoms with E-state index in [0.717, 1.165) is 94.7 Å². The minimum atomic E-state index is -0.622. The monoisotopic (exact) mass is 660 g/mol. The summed E-state index contributed by atoms with van der Waals surface area (Å²) in [6, 6.07) is 2.64. The predicted molar refractivity (Wildman–Crippen MR) is 172 cm³/mol. The number of nitrogens with zero attached hydrogens (tertiary/aromatic N) is 6. The second-order valence-electron chi connectivity index (χ2n) is 13.4. The van der Waals surface area contributed by atoms with Gasteiger partial charge in [0.2, 0.25) is 0 Å². The van der Waals surface area contributed by atoms with E-state index in [1.807, 2.05) is 0 Å². The number of hydrogen-bond donors (Lipinski definition) is 2. The molecular formula is C33H34F2N8O3S. The third-order valence-corrected chi connectivity index (χ3v) is 11.6. The highest BCUT2D eigenvalue weighted by Gasteiger charge is 2.46. The van der Waals surface area contributed by atoms with Crippen LogP contribution in [-0.2, 0) is 22.7 Å². The van der Waals surface area contributed by atoms with Crippen molar-refractivity contribution in [2.45, 2.75) is 51.0 Å². The van der Waals surface area contributed by atoms with Crippen LogP contribution in [0.5, 0.6) is 6.01 Å². The molecule has 0 spiro atoms. The third kappa shape index (κ3) is 4.74. The Balaban J connectivity index is 1.21. The number of morpholine rings is 1. The minimum absolute atomic E-state index is 0.00951. The zero-order chi connectivity index (χ0) is 31.9. The number of nitrogens with two attached hydrogens (primary N) is 1. The standard InChI is InChI=1S/C33H34F2N8O3S/c34-22-12-39-27(24-19(9-36)30(37)47-29(22)24)23-20-13-45-14-21(20)25-28(26(23)35)40-32(41-31(25)43-17-1-2-18(43)11-38-10-17)46-16-33(3-4-33)15-42-5-7-44-8-6-42/h12,17-18,38H,1-8,10-11,13-16,37H2. The number of benzene rings is 1. The van der Waals surface area contributed by atoms with E-state index >= 15 is 4.39 Å². The fourth-order valence-corrected chi connectivity index (χ4v) is 8.90. The van der Waals surface area contributed by atoms with Crippen molar-refractivity contribution in [1.29, 1.82) is 5.26 Å². The van der Waals surface area contributed by atoms with Crippen LogP contribution in [0.15, 0.2) is 6.20 Å². The van der Waals surface area contributed by atoms with Crippen molar-refractivity contribution < 1.29 is 23.0 Å². The number of hydrogen-bond acceptors (Lipinski definition) is 12. The summed E-state index contributed by atoms with van der Waals surface area (Å²) in [4.78, 5) is 18.9. The van der Waals surface area contributed by atoms with E-state index in [0.29, 0.717) is 23.4 Å². The van der Waals surface area contributed by atoms with E-state index in [2.05, 4.69) is 26.2 Å². The lowest BCUT2D eigenvalue weighted by atomic mass is 9.93. The van der Waals surface area contributed by atoms with Gasteiger partial charge in [0.1, 0.15) is 22.4 Å². The molecule has 0 amide bonds. The number of halogens is 2. The van der Waals surface area contributed by atoms with Crippen LogP contribution in [0.3, 0.4) is 0 Å². The smallest absolute Gasteiger partial charge is 0.319 e. The lowest BCUT2D eigenvalue weighted by Gasteiger charge is -2.37. The molecule has 3 saturated heterocycles. The number of piperazine rings is 1. The van der Waals surface area contributed by atoms with Crippen molar-refractivity contribution in [3.05, 3.63) is 34.5 Å². The van der Waals surface area contributed by atoms with Gasteiger partial charge < -0.3 is 30.2 Å². The number of nitrogen functional groups attached to an aromatic ring is 1. The summed E-state index contributed by atoms with van der Waals surface area (Å²) < 4.78 is 50.4. The van der Waals surface area contributed by atoms with E-state index in [1.165, 1.54) is 0 Å². The molecular weight excluding hydrogens is 626 g/mol. The first-order valence-electron chi connectivity index (χ1n) is 16.3. The average molecular weight is 661 g/mol. The Morgan fingerprint density at radius 1 is 1.09 bits per heavy atom. The van der Waals surface area contributed by atoms with E-state index in [4.69, 9.17) is 29.9 Å². The van der Waals surface area contributed by atoms with Gasteiger partial charge in [-0.3, -0.25) is 9.88 Å². The van der Waals surface area contributed by atoms with Crippen LogP contribution < -0.4 is 20.7 Å². The molecule has 1 aliphatic carbocycles. The van der Waals surface area contributed by atoms with Gasteiger partial charge in [-0.1, -0.05) is 0 Å². The normalized spacial score (nSPS) is 23.4. The molecule has 4 fully saturated rings. The van der Waals surface area contributed by atoms with Crippen LogP contribution in [0.4, 0.5) is 19.6 Å². The quantitative estimate of drug-likeness (QED) is 0.297. The molecule has 0 radical (unpaired) electrons. The van der Waals surface area contributed by atoms with Crippen LogP contribution in [-0.4, -0.2) is 84.5 Å². The van der Waals surface area contributed by atoms with Gasteiger partial charge in [-0.15, -0.1) is 11.3 Å². The molecule has 2 bridgehead atoms. The number of thiophene rings is 1. The summed E-state index contributed by atoms with van der Waals surface area (Å²) in [6.45, 7) is 6.63. The molecule has 3 aromatic heterocycles. The largest absolute Gasteiger partial charge is 0.463 e. The molecule has 47 heavy (non-hydrogen) atoms. The summed E-state index contributed by atoms with van der Waals surface area (Å²) in [6.07, 6.45) is 5.17. The SMILES string of the molecule is N#Cc1c(N)sc2c(F)cnc(-c3c4c(c5c(N6C7CCC6CNC7)nc(OCC6(CN7CCOCC7)CC6)nc5c3F)COC4)c12. The fourth-order valence-electron chi connectivity index (χ4n) is 7.98. The van der Waals surface area contributed by atoms with E-state index < -0.39 is 11.6 Å². The molecule has 5 aliphatic rings. The maximum Gasteiger partial charge on any atom is 0.319 e. The van der Waals surface area contributed by atoms with Crippen LogP contribution in [0.2, 0.25) is 0 Å². The number of pyridine rings is 1. The molecule has 4 aromatic rings. The van der Waals surface area contributed by atoms with Gasteiger partial charge in [-0.05, 0) is 36.8 Å². The van der Waals surface area contributed by atoms with Crippen LogP contribution in [0.1, 0.15) is 42.4 Å². The van der Waals surface area contributed by atoms with Gasteiger partial charge in [0.15, 0.2) is 11.6 Å². The fraction of sp³-hybridized carbons (Fsp3) is 0.515. The number of aromatic nitrogens is 3. The lowest BCUT2D eigenvalue weighted by Crippen LogP contribution is -2.52. The molecule has 11 nitrogen and oxygen atoms in total. The second kappa shape index (κ2) is 11.2. The lowest BCUT2D eigenvalue weighted by molar-refractivity contribution is 0.0231. The maximum absolute atomic E-state index is 17.3. The Hall–Kier alpha value is -3.74. The maximum atomic E-state index is 17.3. The van der Waals surface area contributed by atoms with E-state index in [1.54, 1.807) is 0 Å². The third-order valence-electron chi connectivity index (χ3n) is 10.6. The molecule has 9 rings (SSSR count). The van der Waals surface area contributed by atoms with Gasteiger partial charge in [-0.25, -0.2) is 8.78 Å². The molecule has 3 N–H and O–H groups in total. The number of nitriles is 1. The molecule has 7 heterocycles. The van der Waals surface area contributed by atoms with Gasteiger partial charge in [0.25, 0.3) is 0 Å². The number of nitrogens with one attached hydrogen (secondary N) is 1. The molecule has 4 aliphatic heterocycles. The first-order valence-corrected chi connectivity index (χ1v) is 17.1. The molecule has 1 aromatic carbocycles. The van der Waals surface area contributed by atoms with E-state index in [9.17, 15) is 9.65 Å². The summed E-state index contributed by atoms with van der Waals surface area (Å²) >= 11 is 0.958. The first kappa shape index (κ1) is 29.4. The van der Waals surface area contributed by atoms with Crippen molar-refractivity contribution in [2.24, 2.45) is 5.41 Å². The highest BCUT2D eigenvalue weighted by Crippen LogP contribution is 2.49. The molecule has 2 unspecified atom stereocenters. The predicted octanol–water partition coefficient (Wildman–Crippen LogP) is 4.10. The number of ether oxygens (including phenoxy) is 3. The number of rotatable bonds is 7.